The van der Waals surface area contributed by atoms with Crippen LogP contribution in [0.5, 0.6) is 0 Å². The molecule has 0 fully saturated rings. The lowest BCUT2D eigenvalue weighted by molar-refractivity contribution is 1.05. The van der Waals surface area contributed by atoms with E-state index in [1.165, 1.54) is 68.5 Å². The SMILES string of the molecule is CCC1=CC(c2cccc(C)c2)=CC1.CCC1=CC=C(c2cccc(C)c2)C1.CCC1=CCC(c2cccc(C)c2)=C1. The summed E-state index contributed by atoms with van der Waals surface area (Å²) in [6, 6.07) is 26.2. The number of hydrogen-bond donors (Lipinski definition) is 0. The Morgan fingerprint density at radius 1 is 0.524 bits per heavy atom. The van der Waals surface area contributed by atoms with Crippen LogP contribution in [0.15, 0.2) is 126 Å². The van der Waals surface area contributed by atoms with Crippen molar-refractivity contribution in [1.29, 1.82) is 0 Å². The minimum atomic E-state index is 1.10. The van der Waals surface area contributed by atoms with Gasteiger partial charge in [0.25, 0.3) is 0 Å². The van der Waals surface area contributed by atoms with Gasteiger partial charge in [0.15, 0.2) is 0 Å². The maximum absolute atomic E-state index is 2.33. The zero-order valence-electron chi connectivity index (χ0n) is 26.6. The van der Waals surface area contributed by atoms with Crippen LogP contribution in [-0.4, -0.2) is 0 Å². The van der Waals surface area contributed by atoms with Crippen molar-refractivity contribution in [2.24, 2.45) is 0 Å². The van der Waals surface area contributed by atoms with Crippen molar-refractivity contribution in [3.8, 4) is 0 Å². The molecule has 0 spiro atoms. The summed E-state index contributed by atoms with van der Waals surface area (Å²) in [6.45, 7) is 13.1. The van der Waals surface area contributed by atoms with Crippen molar-refractivity contribution in [3.63, 3.8) is 0 Å². The zero-order chi connectivity index (χ0) is 29.9. The molecule has 0 saturated heterocycles. The van der Waals surface area contributed by atoms with E-state index >= 15 is 0 Å². The molecule has 0 bridgehead atoms. The first-order chi connectivity index (χ1) is 20.4. The first kappa shape index (κ1) is 31.0. The smallest absolute Gasteiger partial charge is 0.00582 e. The van der Waals surface area contributed by atoms with Gasteiger partial charge in [-0.05, 0) is 92.7 Å². The van der Waals surface area contributed by atoms with Crippen molar-refractivity contribution in [2.45, 2.75) is 80.1 Å². The summed E-state index contributed by atoms with van der Waals surface area (Å²) in [7, 11) is 0. The van der Waals surface area contributed by atoms with Crippen molar-refractivity contribution in [3.05, 3.63) is 159 Å². The van der Waals surface area contributed by atoms with Gasteiger partial charge in [-0.15, -0.1) is 0 Å². The van der Waals surface area contributed by atoms with E-state index in [0.29, 0.717) is 0 Å². The highest BCUT2D eigenvalue weighted by Gasteiger charge is 2.09. The summed E-state index contributed by atoms with van der Waals surface area (Å²) in [5.74, 6) is 0. The lowest BCUT2D eigenvalue weighted by Gasteiger charge is -2.04. The van der Waals surface area contributed by atoms with Crippen LogP contribution in [0.4, 0.5) is 0 Å². The van der Waals surface area contributed by atoms with E-state index < -0.39 is 0 Å². The largest absolute Gasteiger partial charge is 0.0769 e. The second-order valence-corrected chi connectivity index (χ2v) is 11.7. The van der Waals surface area contributed by atoms with Gasteiger partial charge in [0.05, 0.1) is 0 Å². The molecule has 42 heavy (non-hydrogen) atoms. The highest BCUT2D eigenvalue weighted by Crippen LogP contribution is 2.31. The van der Waals surface area contributed by atoms with Gasteiger partial charge in [-0.25, -0.2) is 0 Å². The quantitative estimate of drug-likeness (QED) is 0.285. The van der Waals surface area contributed by atoms with E-state index in [1.54, 1.807) is 11.1 Å². The summed E-state index contributed by atoms with van der Waals surface area (Å²) >= 11 is 0. The standard InChI is InChI=1S/3C14H16/c3*1-3-12-7-8-14(10-12)13-6-4-5-11(2)9-13/h4-6,8-10H,3,7H2,1-2H3;4-7,9-10H,3,8H2,1-2H3;4-9H,3,10H2,1-2H3. The molecule has 0 N–H and O–H groups in total. The van der Waals surface area contributed by atoms with Gasteiger partial charge in [0.1, 0.15) is 0 Å². The number of aryl methyl sites for hydroxylation is 3. The van der Waals surface area contributed by atoms with Gasteiger partial charge in [0, 0.05) is 0 Å². The highest BCUT2D eigenvalue weighted by molar-refractivity contribution is 5.78. The van der Waals surface area contributed by atoms with Gasteiger partial charge < -0.3 is 0 Å². The summed E-state index contributed by atoms with van der Waals surface area (Å²) in [6.07, 6.45) is 20.7. The van der Waals surface area contributed by atoms with E-state index in [-0.39, 0.29) is 0 Å². The second-order valence-electron chi connectivity index (χ2n) is 11.7. The monoisotopic (exact) mass is 552 g/mol. The first-order valence-electron chi connectivity index (χ1n) is 15.8. The van der Waals surface area contributed by atoms with Crippen LogP contribution in [-0.2, 0) is 0 Å². The Labute approximate surface area is 255 Å². The Morgan fingerprint density at radius 2 is 1.10 bits per heavy atom. The minimum absolute atomic E-state index is 1.10. The molecule has 0 nitrogen and oxygen atoms in total. The molecule has 0 heteroatoms. The second kappa shape index (κ2) is 15.4. The van der Waals surface area contributed by atoms with Crippen LogP contribution in [0.3, 0.4) is 0 Å². The molecule has 0 aromatic heterocycles. The van der Waals surface area contributed by atoms with Crippen LogP contribution in [0.2, 0.25) is 0 Å². The molecule has 3 aromatic rings. The fourth-order valence-corrected chi connectivity index (χ4v) is 5.59. The van der Waals surface area contributed by atoms with Gasteiger partial charge in [-0.1, -0.05) is 163 Å². The average Bonchev–Trinajstić information content (AvgIpc) is 3.79. The molecule has 0 radical (unpaired) electrons. The number of benzene rings is 3. The van der Waals surface area contributed by atoms with E-state index in [0.717, 1.165) is 25.7 Å². The van der Waals surface area contributed by atoms with Crippen LogP contribution in [0.25, 0.3) is 16.7 Å². The molecule has 3 aromatic carbocycles. The molecule has 216 valence electrons. The maximum Gasteiger partial charge on any atom is -0.00582 e. The predicted molar refractivity (Wildman–Crippen MR) is 186 cm³/mol. The van der Waals surface area contributed by atoms with Gasteiger partial charge in [0.2, 0.25) is 0 Å². The number of rotatable bonds is 6. The summed E-state index contributed by atoms with van der Waals surface area (Å²) < 4.78 is 0. The van der Waals surface area contributed by atoms with Crippen LogP contribution in [0.1, 0.15) is 92.7 Å². The minimum Gasteiger partial charge on any atom is -0.0769 e. The molecule has 3 aliphatic rings. The van der Waals surface area contributed by atoms with Crippen molar-refractivity contribution < 1.29 is 0 Å². The Morgan fingerprint density at radius 3 is 1.60 bits per heavy atom. The lowest BCUT2D eigenvalue weighted by Crippen LogP contribution is -1.84. The molecule has 6 rings (SSSR count). The molecule has 0 heterocycles. The molecule has 0 unspecified atom stereocenters. The Hall–Kier alpha value is -3.90. The fourth-order valence-electron chi connectivity index (χ4n) is 5.59. The Bertz CT molecular complexity index is 1560. The normalized spacial score (nSPS) is 15.3. The number of hydrogen-bond acceptors (Lipinski definition) is 0. The molecule has 0 aliphatic heterocycles. The topological polar surface area (TPSA) is 0 Å². The molecular weight excluding hydrogens is 504 g/mol. The molecular formula is C42H48. The van der Waals surface area contributed by atoms with Crippen LogP contribution in [0, 0.1) is 20.8 Å². The third-order valence-corrected chi connectivity index (χ3v) is 8.27. The van der Waals surface area contributed by atoms with Crippen molar-refractivity contribution in [1.82, 2.24) is 0 Å². The molecule has 3 aliphatic carbocycles. The van der Waals surface area contributed by atoms with Crippen LogP contribution >= 0.6 is 0 Å². The van der Waals surface area contributed by atoms with E-state index in [9.17, 15) is 0 Å². The average molecular weight is 553 g/mol. The maximum atomic E-state index is 2.33. The predicted octanol–water partition coefficient (Wildman–Crippen LogP) is 12.4. The van der Waals surface area contributed by atoms with Gasteiger partial charge >= 0.3 is 0 Å². The third-order valence-electron chi connectivity index (χ3n) is 8.27. The first-order valence-corrected chi connectivity index (χ1v) is 15.8. The molecule has 0 saturated carbocycles. The summed E-state index contributed by atoms with van der Waals surface area (Å²) in [4.78, 5) is 0. The van der Waals surface area contributed by atoms with Gasteiger partial charge in [-0.2, -0.15) is 0 Å². The lowest BCUT2D eigenvalue weighted by atomic mass is 10.0. The highest BCUT2D eigenvalue weighted by atomic mass is 14.1. The summed E-state index contributed by atoms with van der Waals surface area (Å²) in [5, 5.41) is 0. The van der Waals surface area contributed by atoms with E-state index in [2.05, 4.69) is 151 Å². The summed E-state index contributed by atoms with van der Waals surface area (Å²) in [5.41, 5.74) is 17.0. The number of allylic oxidation sites excluding steroid dienone is 12. The molecule has 0 amide bonds. The Balaban J connectivity index is 0.000000145. The Kier molecular flexibility index (Phi) is 11.4. The van der Waals surface area contributed by atoms with Crippen LogP contribution < -0.4 is 0 Å². The van der Waals surface area contributed by atoms with Crippen molar-refractivity contribution in [2.75, 3.05) is 0 Å². The van der Waals surface area contributed by atoms with Crippen molar-refractivity contribution >= 4 is 16.7 Å². The third kappa shape index (κ3) is 8.80. The zero-order valence-corrected chi connectivity index (χ0v) is 26.6. The fraction of sp³-hybridized carbons (Fsp3) is 0.286. The van der Waals surface area contributed by atoms with E-state index in [1.807, 2.05) is 0 Å². The van der Waals surface area contributed by atoms with E-state index in [4.69, 9.17) is 0 Å². The van der Waals surface area contributed by atoms with Gasteiger partial charge in [-0.3, -0.25) is 0 Å². The molecule has 0 atom stereocenters.